The largest absolute Gasteiger partial charge is 0.480 e. The summed E-state index contributed by atoms with van der Waals surface area (Å²) in [4.78, 5) is 27.5. The number of amides is 1. The van der Waals surface area contributed by atoms with Crippen molar-refractivity contribution in [3.63, 3.8) is 0 Å². The second kappa shape index (κ2) is 6.13. The number of hydrogen-bond acceptors (Lipinski definition) is 5. The molecule has 5 nitrogen and oxygen atoms in total. The van der Waals surface area contributed by atoms with Crippen LogP contribution < -0.4 is 5.32 Å². The zero-order valence-corrected chi connectivity index (χ0v) is 13.1. The van der Waals surface area contributed by atoms with E-state index in [2.05, 4.69) is 10.3 Å². The quantitative estimate of drug-likeness (QED) is 0.805. The topological polar surface area (TPSA) is 79.3 Å². The van der Waals surface area contributed by atoms with E-state index in [0.29, 0.717) is 5.75 Å². The van der Waals surface area contributed by atoms with Gasteiger partial charge in [0.25, 0.3) is 0 Å². The van der Waals surface area contributed by atoms with E-state index in [4.69, 9.17) is 0 Å². The van der Waals surface area contributed by atoms with Crippen LogP contribution in [0.5, 0.6) is 0 Å². The molecule has 0 aliphatic heterocycles. The molecule has 110 valence electrons. The second-order valence-electron chi connectivity index (χ2n) is 5.18. The summed E-state index contributed by atoms with van der Waals surface area (Å²) in [5.41, 5.74) is -0.150. The van der Waals surface area contributed by atoms with E-state index >= 15 is 0 Å². The van der Waals surface area contributed by atoms with E-state index in [1.807, 2.05) is 12.3 Å². The molecular weight excluding hydrogens is 296 g/mol. The minimum absolute atomic E-state index is 0.0649. The van der Waals surface area contributed by atoms with Gasteiger partial charge in [-0.3, -0.25) is 4.79 Å². The predicted octanol–water partition coefficient (Wildman–Crippen LogP) is 2.05. The molecular formula is C13H18N2O3S2. The van der Waals surface area contributed by atoms with Crippen LogP contribution in [0.4, 0.5) is 0 Å². The van der Waals surface area contributed by atoms with Gasteiger partial charge in [-0.15, -0.1) is 23.1 Å². The Hall–Kier alpha value is -1.08. The maximum atomic E-state index is 11.9. The Labute approximate surface area is 126 Å². The molecule has 1 fully saturated rings. The van der Waals surface area contributed by atoms with Gasteiger partial charge in [-0.05, 0) is 32.6 Å². The Kier molecular flexibility index (Phi) is 4.70. The summed E-state index contributed by atoms with van der Waals surface area (Å²) in [6, 6.07) is 0. The van der Waals surface area contributed by atoms with Crippen molar-refractivity contribution in [1.82, 2.24) is 10.3 Å². The van der Waals surface area contributed by atoms with E-state index in [0.717, 1.165) is 23.5 Å². The zero-order valence-electron chi connectivity index (χ0n) is 11.5. The van der Waals surface area contributed by atoms with Gasteiger partial charge < -0.3 is 10.4 Å². The summed E-state index contributed by atoms with van der Waals surface area (Å²) in [7, 11) is 0. The summed E-state index contributed by atoms with van der Waals surface area (Å²) >= 11 is 3.04. The lowest BCUT2D eigenvalue weighted by Gasteiger charge is -2.26. The molecule has 1 aliphatic carbocycles. The fourth-order valence-electron chi connectivity index (χ4n) is 2.04. The average molecular weight is 314 g/mol. The average Bonchev–Trinajstić information content (AvgIpc) is 3.14. The number of carboxylic acids is 1. The lowest BCUT2D eigenvalue weighted by molar-refractivity contribution is -0.147. The van der Waals surface area contributed by atoms with Crippen LogP contribution >= 0.6 is 23.1 Å². The molecule has 20 heavy (non-hydrogen) atoms. The molecule has 0 aromatic carbocycles. The Balaban J connectivity index is 1.78. The number of carbonyl (C=O) groups excluding carboxylic acids is 1. The molecule has 0 spiro atoms. The highest BCUT2D eigenvalue weighted by Crippen LogP contribution is 2.39. The minimum Gasteiger partial charge on any atom is -0.480 e. The molecule has 2 rings (SSSR count). The maximum absolute atomic E-state index is 11.9. The Morgan fingerprint density at radius 2 is 2.30 bits per heavy atom. The van der Waals surface area contributed by atoms with Crippen LogP contribution in [-0.4, -0.2) is 33.3 Å². The van der Waals surface area contributed by atoms with Crippen molar-refractivity contribution in [3.05, 3.63) is 16.1 Å². The summed E-state index contributed by atoms with van der Waals surface area (Å²) in [5.74, 6) is -0.181. The number of thiazole rings is 1. The molecule has 1 amide bonds. The highest BCUT2D eigenvalue weighted by molar-refractivity contribution is 7.99. The standard InChI is InChI=1S/C13H18N2O3S2/c1-8-14-10(6-20-8)5-19-7-11(16)15-13(2,12(17)18)9-3-4-9/h6,9H,3-5,7H2,1-2H3,(H,15,16)(H,17,18). The van der Waals surface area contributed by atoms with Crippen LogP contribution in [0.1, 0.15) is 30.5 Å². The highest BCUT2D eigenvalue weighted by atomic mass is 32.2. The molecule has 7 heteroatoms. The predicted molar refractivity (Wildman–Crippen MR) is 79.9 cm³/mol. The number of aliphatic carboxylic acids is 1. The number of rotatable bonds is 7. The van der Waals surface area contributed by atoms with Crippen molar-refractivity contribution < 1.29 is 14.7 Å². The first-order valence-corrected chi connectivity index (χ1v) is 8.48. The first kappa shape index (κ1) is 15.3. The van der Waals surface area contributed by atoms with Gasteiger partial charge >= 0.3 is 5.97 Å². The van der Waals surface area contributed by atoms with Crippen molar-refractivity contribution in [2.75, 3.05) is 5.75 Å². The molecule has 1 heterocycles. The Morgan fingerprint density at radius 3 is 2.80 bits per heavy atom. The lowest BCUT2D eigenvalue weighted by atomic mass is 9.96. The van der Waals surface area contributed by atoms with E-state index in [9.17, 15) is 14.7 Å². The van der Waals surface area contributed by atoms with Crippen molar-refractivity contribution in [1.29, 1.82) is 0 Å². The van der Waals surface area contributed by atoms with E-state index in [1.54, 1.807) is 18.3 Å². The Bertz CT molecular complexity index is 513. The SMILES string of the molecule is Cc1nc(CSCC(=O)NC(C)(C(=O)O)C2CC2)cs1. The third-order valence-electron chi connectivity index (χ3n) is 3.39. The normalized spacial score (nSPS) is 17.5. The fourth-order valence-corrected chi connectivity index (χ4v) is 3.47. The fraction of sp³-hybridized carbons (Fsp3) is 0.615. The third-order valence-corrected chi connectivity index (χ3v) is 5.18. The van der Waals surface area contributed by atoms with Gasteiger partial charge in [0.2, 0.25) is 5.91 Å². The number of carboxylic acid groups (broad SMARTS) is 1. The van der Waals surface area contributed by atoms with Crippen LogP contribution in [0.25, 0.3) is 0 Å². The van der Waals surface area contributed by atoms with Gasteiger partial charge in [0, 0.05) is 11.1 Å². The van der Waals surface area contributed by atoms with E-state index < -0.39 is 11.5 Å². The van der Waals surface area contributed by atoms with Gasteiger partial charge in [0.05, 0.1) is 16.5 Å². The Morgan fingerprint density at radius 1 is 1.60 bits per heavy atom. The first-order chi connectivity index (χ1) is 9.41. The molecule has 0 saturated heterocycles. The molecule has 1 aliphatic rings. The third kappa shape index (κ3) is 3.73. The molecule has 0 radical (unpaired) electrons. The molecule has 0 bridgehead atoms. The number of thioether (sulfide) groups is 1. The van der Waals surface area contributed by atoms with Crippen LogP contribution in [-0.2, 0) is 15.3 Å². The van der Waals surface area contributed by atoms with E-state index in [-0.39, 0.29) is 17.6 Å². The van der Waals surface area contributed by atoms with Crippen LogP contribution in [0.15, 0.2) is 5.38 Å². The lowest BCUT2D eigenvalue weighted by Crippen LogP contribution is -2.54. The summed E-state index contributed by atoms with van der Waals surface area (Å²) in [5, 5.41) is 14.9. The first-order valence-electron chi connectivity index (χ1n) is 6.45. The minimum atomic E-state index is -1.12. The molecule has 2 N–H and O–H groups in total. The number of hydrogen-bond donors (Lipinski definition) is 2. The summed E-state index contributed by atoms with van der Waals surface area (Å²) in [6.45, 7) is 3.54. The molecule has 1 aromatic heterocycles. The number of aryl methyl sites for hydroxylation is 1. The highest BCUT2D eigenvalue weighted by Gasteiger charge is 2.48. The van der Waals surface area contributed by atoms with Crippen LogP contribution in [0.3, 0.4) is 0 Å². The van der Waals surface area contributed by atoms with Gasteiger partial charge in [-0.1, -0.05) is 0 Å². The number of nitrogens with zero attached hydrogens (tertiary/aromatic N) is 1. The molecule has 1 atom stereocenters. The monoisotopic (exact) mass is 314 g/mol. The van der Waals surface area contributed by atoms with Gasteiger partial charge in [0.1, 0.15) is 5.54 Å². The maximum Gasteiger partial charge on any atom is 0.329 e. The van der Waals surface area contributed by atoms with Gasteiger partial charge in [-0.25, -0.2) is 9.78 Å². The summed E-state index contributed by atoms with van der Waals surface area (Å²) < 4.78 is 0. The van der Waals surface area contributed by atoms with Crippen LogP contribution in [0, 0.1) is 12.8 Å². The molecule has 1 saturated carbocycles. The molecule has 1 aromatic rings. The van der Waals surface area contributed by atoms with Gasteiger partial charge in [-0.2, -0.15) is 0 Å². The summed E-state index contributed by atoms with van der Waals surface area (Å²) in [6.07, 6.45) is 1.74. The number of nitrogens with one attached hydrogen (secondary N) is 1. The van der Waals surface area contributed by atoms with Crippen molar-refractivity contribution >= 4 is 35.0 Å². The van der Waals surface area contributed by atoms with Crippen LogP contribution in [0.2, 0.25) is 0 Å². The second-order valence-corrected chi connectivity index (χ2v) is 7.23. The van der Waals surface area contributed by atoms with Crippen molar-refractivity contribution in [2.24, 2.45) is 5.92 Å². The van der Waals surface area contributed by atoms with E-state index in [1.165, 1.54) is 11.8 Å². The van der Waals surface area contributed by atoms with Crippen molar-refractivity contribution in [3.8, 4) is 0 Å². The number of carbonyl (C=O) groups is 2. The zero-order chi connectivity index (χ0) is 14.8. The van der Waals surface area contributed by atoms with Gasteiger partial charge in [0.15, 0.2) is 0 Å². The number of aromatic nitrogens is 1. The smallest absolute Gasteiger partial charge is 0.329 e. The molecule has 1 unspecified atom stereocenters. The van der Waals surface area contributed by atoms with Crippen molar-refractivity contribution in [2.45, 2.75) is 38.0 Å².